The first-order valence-corrected chi connectivity index (χ1v) is 10.3. The molecule has 2 aromatic heterocycles. The molecule has 1 fully saturated rings. The third-order valence-electron chi connectivity index (χ3n) is 5.26. The van der Waals surface area contributed by atoms with Gasteiger partial charge in [-0.3, -0.25) is 0 Å². The van der Waals surface area contributed by atoms with Crippen LogP contribution in [0.1, 0.15) is 18.4 Å². The van der Waals surface area contributed by atoms with Crippen LogP contribution in [0.5, 0.6) is 0 Å². The van der Waals surface area contributed by atoms with E-state index in [1.165, 1.54) is 5.56 Å². The van der Waals surface area contributed by atoms with Crippen molar-refractivity contribution >= 4 is 28.5 Å². The van der Waals surface area contributed by atoms with E-state index >= 15 is 0 Å². The number of nitrogens with zero attached hydrogens (tertiary/aromatic N) is 4. The Morgan fingerprint density at radius 1 is 1.07 bits per heavy atom. The monoisotopic (exact) mass is 400 g/mol. The lowest BCUT2D eigenvalue weighted by molar-refractivity contribution is 0.120. The van der Waals surface area contributed by atoms with Crippen molar-refractivity contribution in [1.29, 1.82) is 0 Å². The highest BCUT2D eigenvalue weighted by atomic mass is 16.5. The molecule has 152 valence electrons. The largest absolute Gasteiger partial charge is 0.376 e. The maximum absolute atomic E-state index is 5.73. The van der Waals surface area contributed by atoms with E-state index in [4.69, 9.17) is 14.7 Å². The summed E-state index contributed by atoms with van der Waals surface area (Å²) in [6, 6.07) is 18.2. The van der Waals surface area contributed by atoms with E-state index in [1.807, 2.05) is 53.3 Å². The van der Waals surface area contributed by atoms with Crippen LogP contribution in [0.3, 0.4) is 0 Å². The van der Waals surface area contributed by atoms with Crippen LogP contribution in [-0.4, -0.2) is 39.0 Å². The van der Waals surface area contributed by atoms with Gasteiger partial charge in [-0.1, -0.05) is 35.9 Å². The topological polar surface area (TPSA) is 76.9 Å². The molecule has 1 aliphatic heterocycles. The standard InChI is InChI=1S/C23H24N6O/c1-16-9-11-17(12-10-16)26-21-20-15-25-29(18-6-3-2-4-7-18)22(20)28-23(27-21)24-14-19-8-5-13-30-19/h2-4,6-7,9-12,15,19H,5,8,13-14H2,1H3,(H2,24,26,27,28). The summed E-state index contributed by atoms with van der Waals surface area (Å²) < 4.78 is 7.57. The Bertz CT molecular complexity index is 1130. The molecule has 0 saturated carbocycles. The van der Waals surface area contributed by atoms with Gasteiger partial charge in [0.1, 0.15) is 5.82 Å². The van der Waals surface area contributed by atoms with Crippen LogP contribution in [0.25, 0.3) is 16.7 Å². The van der Waals surface area contributed by atoms with Crippen LogP contribution in [0.4, 0.5) is 17.5 Å². The molecule has 0 radical (unpaired) electrons. The Balaban J connectivity index is 1.54. The average molecular weight is 400 g/mol. The molecule has 2 aromatic carbocycles. The number of benzene rings is 2. The predicted octanol–water partition coefficient (Wildman–Crippen LogP) is 4.46. The number of hydrogen-bond donors (Lipinski definition) is 2. The second kappa shape index (κ2) is 8.12. The second-order valence-corrected chi connectivity index (χ2v) is 7.53. The van der Waals surface area contributed by atoms with Gasteiger partial charge in [0, 0.05) is 18.8 Å². The van der Waals surface area contributed by atoms with Crippen molar-refractivity contribution in [2.24, 2.45) is 0 Å². The molecule has 7 nitrogen and oxygen atoms in total. The Kier molecular flexibility index (Phi) is 5.03. The predicted molar refractivity (Wildman–Crippen MR) is 119 cm³/mol. The van der Waals surface area contributed by atoms with Gasteiger partial charge < -0.3 is 15.4 Å². The van der Waals surface area contributed by atoms with Gasteiger partial charge in [-0.15, -0.1) is 0 Å². The number of nitrogens with one attached hydrogen (secondary N) is 2. The van der Waals surface area contributed by atoms with E-state index in [1.54, 1.807) is 0 Å². The SMILES string of the molecule is Cc1ccc(Nc2nc(NCC3CCCO3)nc3c2cnn3-c2ccccc2)cc1. The van der Waals surface area contributed by atoms with Crippen LogP contribution in [0, 0.1) is 6.92 Å². The minimum Gasteiger partial charge on any atom is -0.376 e. The van der Waals surface area contributed by atoms with Gasteiger partial charge in [0.25, 0.3) is 0 Å². The minimum atomic E-state index is 0.205. The third kappa shape index (κ3) is 3.84. The second-order valence-electron chi connectivity index (χ2n) is 7.53. The van der Waals surface area contributed by atoms with Crippen molar-refractivity contribution in [3.05, 3.63) is 66.4 Å². The lowest BCUT2D eigenvalue weighted by atomic mass is 10.2. The van der Waals surface area contributed by atoms with Crippen molar-refractivity contribution in [1.82, 2.24) is 19.7 Å². The van der Waals surface area contributed by atoms with Gasteiger partial charge in [0.05, 0.1) is 23.4 Å². The maximum Gasteiger partial charge on any atom is 0.226 e. The highest BCUT2D eigenvalue weighted by molar-refractivity contribution is 5.90. The minimum absolute atomic E-state index is 0.205. The Morgan fingerprint density at radius 3 is 2.67 bits per heavy atom. The molecule has 0 aliphatic carbocycles. The summed E-state index contributed by atoms with van der Waals surface area (Å²) in [6.07, 6.45) is 4.18. The summed E-state index contributed by atoms with van der Waals surface area (Å²) in [5.74, 6) is 1.28. The molecular formula is C23H24N6O. The average Bonchev–Trinajstić information content (AvgIpc) is 3.44. The highest BCUT2D eigenvalue weighted by Gasteiger charge is 2.18. The van der Waals surface area contributed by atoms with Gasteiger partial charge in [0.2, 0.25) is 5.95 Å². The molecule has 7 heteroatoms. The van der Waals surface area contributed by atoms with E-state index < -0.39 is 0 Å². The zero-order chi connectivity index (χ0) is 20.3. The fourth-order valence-corrected chi connectivity index (χ4v) is 3.62. The summed E-state index contributed by atoms with van der Waals surface area (Å²) >= 11 is 0. The van der Waals surface area contributed by atoms with Crippen LogP contribution in [-0.2, 0) is 4.74 Å². The Labute approximate surface area is 175 Å². The summed E-state index contributed by atoms with van der Waals surface area (Å²) in [5.41, 5.74) is 3.89. The normalized spacial score (nSPS) is 16.1. The number of rotatable bonds is 6. The van der Waals surface area contributed by atoms with Gasteiger partial charge in [-0.25, -0.2) is 4.68 Å². The van der Waals surface area contributed by atoms with Crippen molar-refractivity contribution in [2.75, 3.05) is 23.8 Å². The lowest BCUT2D eigenvalue weighted by Gasteiger charge is -2.13. The molecular weight excluding hydrogens is 376 g/mol. The van der Waals surface area contributed by atoms with E-state index in [9.17, 15) is 0 Å². The zero-order valence-electron chi connectivity index (χ0n) is 16.9. The lowest BCUT2D eigenvalue weighted by Crippen LogP contribution is -2.20. The zero-order valence-corrected chi connectivity index (χ0v) is 16.9. The first-order chi connectivity index (χ1) is 14.8. The third-order valence-corrected chi connectivity index (χ3v) is 5.26. The van der Waals surface area contributed by atoms with Crippen molar-refractivity contribution in [2.45, 2.75) is 25.9 Å². The molecule has 0 bridgehead atoms. The van der Waals surface area contributed by atoms with Gasteiger partial charge in [-0.05, 0) is 44.0 Å². The van der Waals surface area contributed by atoms with Crippen molar-refractivity contribution < 1.29 is 4.74 Å². The van der Waals surface area contributed by atoms with Crippen molar-refractivity contribution in [3.8, 4) is 5.69 Å². The summed E-state index contributed by atoms with van der Waals surface area (Å²) in [6.45, 7) is 3.59. The molecule has 30 heavy (non-hydrogen) atoms. The number of anilines is 3. The number of fused-ring (bicyclic) bond motifs is 1. The molecule has 0 spiro atoms. The molecule has 4 aromatic rings. The van der Waals surface area contributed by atoms with Crippen LogP contribution >= 0.6 is 0 Å². The van der Waals surface area contributed by atoms with Gasteiger partial charge >= 0.3 is 0 Å². The number of aromatic nitrogens is 4. The molecule has 1 saturated heterocycles. The fraction of sp³-hybridized carbons (Fsp3) is 0.261. The van der Waals surface area contributed by atoms with E-state index in [0.29, 0.717) is 12.5 Å². The molecule has 1 unspecified atom stereocenters. The molecule has 5 rings (SSSR count). The Hall–Kier alpha value is -3.45. The number of ether oxygens (including phenoxy) is 1. The molecule has 3 heterocycles. The molecule has 0 amide bonds. The molecule has 2 N–H and O–H groups in total. The van der Waals surface area contributed by atoms with E-state index in [0.717, 1.165) is 47.7 Å². The fourth-order valence-electron chi connectivity index (χ4n) is 3.62. The highest BCUT2D eigenvalue weighted by Crippen LogP contribution is 2.27. The first kappa shape index (κ1) is 18.6. The summed E-state index contributed by atoms with van der Waals surface area (Å²) in [4.78, 5) is 9.52. The molecule has 1 aliphatic rings. The van der Waals surface area contributed by atoms with Crippen LogP contribution in [0.2, 0.25) is 0 Å². The van der Waals surface area contributed by atoms with E-state index in [-0.39, 0.29) is 6.10 Å². The van der Waals surface area contributed by atoms with Gasteiger partial charge in [-0.2, -0.15) is 15.1 Å². The smallest absolute Gasteiger partial charge is 0.226 e. The van der Waals surface area contributed by atoms with Crippen molar-refractivity contribution in [3.63, 3.8) is 0 Å². The summed E-state index contributed by atoms with van der Waals surface area (Å²) in [7, 11) is 0. The first-order valence-electron chi connectivity index (χ1n) is 10.3. The maximum atomic E-state index is 5.73. The number of para-hydroxylation sites is 1. The van der Waals surface area contributed by atoms with Crippen LogP contribution in [0.15, 0.2) is 60.8 Å². The number of hydrogen-bond acceptors (Lipinski definition) is 6. The quantitative estimate of drug-likeness (QED) is 0.498. The van der Waals surface area contributed by atoms with Crippen LogP contribution < -0.4 is 10.6 Å². The summed E-state index contributed by atoms with van der Waals surface area (Å²) in [5, 5.41) is 12.2. The molecule has 1 atom stereocenters. The number of aryl methyl sites for hydroxylation is 1. The Morgan fingerprint density at radius 2 is 1.90 bits per heavy atom. The van der Waals surface area contributed by atoms with Gasteiger partial charge in [0.15, 0.2) is 5.65 Å². The van der Waals surface area contributed by atoms with E-state index in [2.05, 4.69) is 34.8 Å².